The first-order chi connectivity index (χ1) is 11.2. The summed E-state index contributed by atoms with van der Waals surface area (Å²) in [7, 11) is -2.19. The Bertz CT molecular complexity index is 709. The average molecular weight is 341 g/mol. The maximum absolute atomic E-state index is 13.1. The van der Waals surface area contributed by atoms with Crippen LogP contribution in [0.25, 0.3) is 0 Å². The van der Waals surface area contributed by atoms with Crippen LogP contribution >= 0.6 is 0 Å². The SMILES string of the molecule is CC(C)(C)[Si](C)(C)N(/N=C/c1cccnc1)C(=O)c1ccncc1. The summed E-state index contributed by atoms with van der Waals surface area (Å²) in [6.45, 7) is 10.8. The molecule has 0 aliphatic rings. The molecule has 24 heavy (non-hydrogen) atoms. The molecular formula is C18H24N4OSi. The minimum Gasteiger partial charge on any atom is -0.268 e. The second-order valence-electron chi connectivity index (χ2n) is 7.19. The van der Waals surface area contributed by atoms with Crippen LogP contribution in [-0.4, -0.2) is 35.0 Å². The van der Waals surface area contributed by atoms with Crippen molar-refractivity contribution < 1.29 is 4.79 Å². The molecule has 0 aliphatic heterocycles. The molecule has 2 heterocycles. The van der Waals surface area contributed by atoms with Crippen molar-refractivity contribution in [2.24, 2.45) is 5.10 Å². The van der Waals surface area contributed by atoms with E-state index in [0.717, 1.165) is 5.56 Å². The molecule has 0 atom stereocenters. The number of aromatic nitrogens is 2. The number of carbonyl (C=O) groups is 1. The van der Waals surface area contributed by atoms with Crippen molar-refractivity contribution in [2.75, 3.05) is 0 Å². The van der Waals surface area contributed by atoms with Crippen LogP contribution in [0, 0.1) is 0 Å². The van der Waals surface area contributed by atoms with Crippen LogP contribution in [0.15, 0.2) is 54.2 Å². The van der Waals surface area contributed by atoms with Crippen molar-refractivity contribution in [1.29, 1.82) is 0 Å². The number of hydrazone groups is 1. The van der Waals surface area contributed by atoms with Gasteiger partial charge in [-0.25, -0.2) is 0 Å². The summed E-state index contributed by atoms with van der Waals surface area (Å²) in [5.74, 6) is -0.0934. The highest BCUT2D eigenvalue weighted by molar-refractivity contribution is 6.79. The van der Waals surface area contributed by atoms with Crippen molar-refractivity contribution in [2.45, 2.75) is 38.9 Å². The van der Waals surface area contributed by atoms with Crippen molar-refractivity contribution >= 4 is 20.4 Å². The average Bonchev–Trinajstić information content (AvgIpc) is 2.55. The van der Waals surface area contributed by atoms with Gasteiger partial charge in [0.1, 0.15) is 0 Å². The van der Waals surface area contributed by atoms with E-state index in [9.17, 15) is 4.79 Å². The summed E-state index contributed by atoms with van der Waals surface area (Å²) in [6, 6.07) is 7.21. The molecule has 5 nitrogen and oxygen atoms in total. The van der Waals surface area contributed by atoms with Crippen LogP contribution in [0.1, 0.15) is 36.7 Å². The van der Waals surface area contributed by atoms with Crippen molar-refractivity contribution in [3.63, 3.8) is 0 Å². The summed E-state index contributed by atoms with van der Waals surface area (Å²) in [5, 5.41) is 4.54. The van der Waals surface area contributed by atoms with Crippen LogP contribution in [0.4, 0.5) is 0 Å². The molecular weight excluding hydrogens is 316 g/mol. The van der Waals surface area contributed by atoms with Gasteiger partial charge in [-0.2, -0.15) is 5.10 Å². The lowest BCUT2D eigenvalue weighted by molar-refractivity contribution is 0.0848. The third kappa shape index (κ3) is 3.94. The maximum Gasteiger partial charge on any atom is 0.265 e. The van der Waals surface area contributed by atoms with Gasteiger partial charge >= 0.3 is 0 Å². The highest BCUT2D eigenvalue weighted by atomic mass is 28.3. The second kappa shape index (κ2) is 7.05. The highest BCUT2D eigenvalue weighted by Gasteiger charge is 2.44. The minimum absolute atomic E-state index is 0.0258. The Morgan fingerprint density at radius 2 is 1.79 bits per heavy atom. The van der Waals surface area contributed by atoms with E-state index in [4.69, 9.17) is 0 Å². The molecule has 0 unspecified atom stereocenters. The Balaban J connectivity index is 2.42. The summed E-state index contributed by atoms with van der Waals surface area (Å²) < 4.78 is 1.69. The quantitative estimate of drug-likeness (QED) is 0.481. The zero-order valence-electron chi connectivity index (χ0n) is 14.9. The van der Waals surface area contributed by atoms with Gasteiger partial charge < -0.3 is 0 Å². The van der Waals surface area contributed by atoms with E-state index < -0.39 is 8.24 Å². The zero-order chi connectivity index (χ0) is 17.8. The number of carbonyl (C=O) groups excluding carboxylic acids is 1. The molecule has 2 rings (SSSR count). The largest absolute Gasteiger partial charge is 0.268 e. The molecule has 0 saturated carbocycles. The fourth-order valence-electron chi connectivity index (χ4n) is 1.96. The number of rotatable bonds is 4. The van der Waals surface area contributed by atoms with E-state index in [2.05, 4.69) is 48.9 Å². The molecule has 0 radical (unpaired) electrons. The lowest BCUT2D eigenvalue weighted by atomic mass is 10.2. The molecule has 0 aromatic carbocycles. The Kier molecular flexibility index (Phi) is 5.29. The Morgan fingerprint density at radius 3 is 2.33 bits per heavy atom. The molecule has 6 heteroatoms. The van der Waals surface area contributed by atoms with Gasteiger partial charge in [0.25, 0.3) is 5.91 Å². The molecule has 0 fully saturated rings. The second-order valence-corrected chi connectivity index (χ2v) is 12.2. The number of amides is 1. The number of hydrogen-bond donors (Lipinski definition) is 0. The lowest BCUT2D eigenvalue weighted by Gasteiger charge is -2.42. The van der Waals surface area contributed by atoms with Gasteiger partial charge in [-0.15, -0.1) is 0 Å². The first-order valence-corrected chi connectivity index (χ1v) is 10.9. The van der Waals surface area contributed by atoms with Crippen LogP contribution in [0.5, 0.6) is 0 Å². The third-order valence-corrected chi connectivity index (χ3v) is 9.54. The first-order valence-electron chi connectivity index (χ1n) is 7.92. The van der Waals surface area contributed by atoms with Gasteiger partial charge in [0.05, 0.1) is 6.21 Å². The van der Waals surface area contributed by atoms with Crippen LogP contribution < -0.4 is 0 Å². The minimum atomic E-state index is -2.19. The van der Waals surface area contributed by atoms with Crippen molar-refractivity contribution in [1.82, 2.24) is 14.6 Å². The first kappa shape index (κ1) is 18.0. The van der Waals surface area contributed by atoms with Gasteiger partial charge in [-0.3, -0.25) is 19.4 Å². The molecule has 1 amide bonds. The Morgan fingerprint density at radius 1 is 1.12 bits per heavy atom. The Labute approximate surface area is 144 Å². The maximum atomic E-state index is 13.1. The molecule has 0 aliphatic carbocycles. The predicted molar refractivity (Wildman–Crippen MR) is 99.4 cm³/mol. The van der Waals surface area contributed by atoms with E-state index >= 15 is 0 Å². The van der Waals surface area contributed by atoms with Gasteiger partial charge in [0, 0.05) is 35.9 Å². The number of nitrogens with zero attached hydrogens (tertiary/aromatic N) is 4. The van der Waals surface area contributed by atoms with Gasteiger partial charge in [0.2, 0.25) is 0 Å². The monoisotopic (exact) mass is 340 g/mol. The molecule has 126 valence electrons. The fraction of sp³-hybridized carbons (Fsp3) is 0.333. The standard InChI is InChI=1S/C18H24N4OSi/c1-18(2,3)24(4,5)22(17(23)16-8-11-19-12-9-16)21-14-15-7-6-10-20-13-15/h6-14H,1-5H3/b21-14+. The van der Waals surface area contributed by atoms with E-state index in [0.29, 0.717) is 5.56 Å². The third-order valence-electron chi connectivity index (χ3n) is 4.49. The fourth-order valence-corrected chi connectivity index (χ4v) is 3.58. The summed E-state index contributed by atoms with van der Waals surface area (Å²) >= 11 is 0. The summed E-state index contributed by atoms with van der Waals surface area (Å²) in [4.78, 5) is 21.1. The molecule has 2 aromatic heterocycles. The van der Waals surface area contributed by atoms with Crippen LogP contribution in [0.2, 0.25) is 18.1 Å². The lowest BCUT2D eigenvalue weighted by Crippen LogP contribution is -2.55. The van der Waals surface area contributed by atoms with Crippen LogP contribution in [-0.2, 0) is 0 Å². The normalized spacial score (nSPS) is 12.4. The predicted octanol–water partition coefficient (Wildman–Crippen LogP) is 3.96. The van der Waals surface area contributed by atoms with E-state index in [1.165, 1.54) is 0 Å². The number of pyridine rings is 2. The molecule has 0 spiro atoms. The van der Waals surface area contributed by atoms with Crippen LogP contribution in [0.3, 0.4) is 0 Å². The summed E-state index contributed by atoms with van der Waals surface area (Å²) in [5.41, 5.74) is 1.46. The molecule has 0 saturated heterocycles. The number of hydrogen-bond acceptors (Lipinski definition) is 4. The molecule has 2 aromatic rings. The van der Waals surface area contributed by atoms with E-state index in [-0.39, 0.29) is 10.9 Å². The van der Waals surface area contributed by atoms with Gasteiger partial charge in [0.15, 0.2) is 8.24 Å². The Hall–Kier alpha value is -2.34. The molecule has 0 bridgehead atoms. The van der Waals surface area contributed by atoms with E-state index in [1.807, 2.05) is 12.1 Å². The van der Waals surface area contributed by atoms with E-state index in [1.54, 1.807) is 47.8 Å². The zero-order valence-corrected chi connectivity index (χ0v) is 15.9. The van der Waals surface area contributed by atoms with Crippen molar-refractivity contribution in [3.05, 3.63) is 60.2 Å². The smallest absolute Gasteiger partial charge is 0.265 e. The topological polar surface area (TPSA) is 58.5 Å². The molecule has 0 N–H and O–H groups in total. The van der Waals surface area contributed by atoms with Crippen molar-refractivity contribution in [3.8, 4) is 0 Å². The highest BCUT2D eigenvalue weighted by Crippen LogP contribution is 2.39. The van der Waals surface area contributed by atoms with Gasteiger partial charge in [-0.1, -0.05) is 26.8 Å². The van der Waals surface area contributed by atoms with Gasteiger partial charge in [-0.05, 0) is 36.3 Å². The summed E-state index contributed by atoms with van der Waals surface area (Å²) in [6.07, 6.45) is 8.39.